The fourth-order valence-electron chi connectivity index (χ4n) is 4.84. The first kappa shape index (κ1) is 16.2. The van der Waals surface area contributed by atoms with E-state index in [0.29, 0.717) is 23.7 Å². The van der Waals surface area contributed by atoms with Crippen molar-refractivity contribution in [2.24, 2.45) is 17.3 Å². The molecule has 5 atom stereocenters. The molecule has 0 amide bonds. The first-order valence-electron chi connectivity index (χ1n) is 8.53. The van der Waals surface area contributed by atoms with E-state index < -0.39 is 17.4 Å². The van der Waals surface area contributed by atoms with Gasteiger partial charge in [-0.05, 0) is 36.1 Å². The Bertz CT molecular complexity index is 767. The molecule has 3 aliphatic rings. The zero-order valence-corrected chi connectivity index (χ0v) is 14.4. The Hall–Kier alpha value is -2.27. The molecular weight excluding hydrogens is 320 g/mol. The molecule has 1 aromatic rings. The number of ether oxygens (including phenoxy) is 3. The van der Waals surface area contributed by atoms with Crippen LogP contribution < -0.4 is 9.47 Å². The van der Waals surface area contributed by atoms with Crippen LogP contribution in [0.25, 0.3) is 0 Å². The molecule has 2 aliphatic carbocycles. The average molecular weight is 342 g/mol. The Kier molecular flexibility index (Phi) is 3.65. The van der Waals surface area contributed by atoms with Crippen LogP contribution in [0.5, 0.6) is 11.5 Å². The van der Waals surface area contributed by atoms with E-state index in [9.17, 15) is 9.90 Å². The first-order valence-corrected chi connectivity index (χ1v) is 8.53. The average Bonchev–Trinajstić information content (AvgIpc) is 3.13. The molecule has 0 radical (unpaired) electrons. The summed E-state index contributed by atoms with van der Waals surface area (Å²) in [5.74, 6) is 0.985. The molecule has 4 rings (SSSR count). The topological polar surface area (TPSA) is 65.0 Å². The van der Waals surface area contributed by atoms with Gasteiger partial charge in [0.15, 0.2) is 17.3 Å². The van der Waals surface area contributed by atoms with Gasteiger partial charge in [0.05, 0.1) is 19.1 Å². The van der Waals surface area contributed by atoms with Crippen molar-refractivity contribution >= 4 is 5.78 Å². The molecule has 1 N–H and O–H groups in total. The molecule has 5 heteroatoms. The van der Waals surface area contributed by atoms with Crippen molar-refractivity contribution < 1.29 is 24.1 Å². The van der Waals surface area contributed by atoms with Gasteiger partial charge in [0.2, 0.25) is 12.6 Å². The van der Waals surface area contributed by atoms with Crippen LogP contribution in [-0.2, 0) is 9.53 Å². The van der Waals surface area contributed by atoms with Crippen LogP contribution in [0.4, 0.5) is 0 Å². The zero-order chi connectivity index (χ0) is 17.8. The zero-order valence-electron chi connectivity index (χ0n) is 14.4. The minimum atomic E-state index is -0.762. The van der Waals surface area contributed by atoms with Gasteiger partial charge in [-0.25, -0.2) is 0 Å². The summed E-state index contributed by atoms with van der Waals surface area (Å²) in [7, 11) is 1.50. The number of carbonyl (C=O) groups is 1. The van der Waals surface area contributed by atoms with Crippen LogP contribution in [0.1, 0.15) is 24.8 Å². The number of methoxy groups -OCH3 is 1. The molecule has 132 valence electrons. The van der Waals surface area contributed by atoms with Crippen LogP contribution in [0.2, 0.25) is 0 Å². The Morgan fingerprint density at radius 2 is 2.12 bits per heavy atom. The van der Waals surface area contributed by atoms with E-state index in [1.54, 1.807) is 6.08 Å². The number of rotatable bonds is 4. The Morgan fingerprint density at radius 3 is 2.84 bits per heavy atom. The Balaban J connectivity index is 1.83. The van der Waals surface area contributed by atoms with Crippen molar-refractivity contribution in [3.05, 3.63) is 48.3 Å². The van der Waals surface area contributed by atoms with Gasteiger partial charge >= 0.3 is 0 Å². The third kappa shape index (κ3) is 2.08. The second-order valence-corrected chi connectivity index (χ2v) is 7.08. The number of aliphatic hydroxyl groups excluding tert-OH is 1. The van der Waals surface area contributed by atoms with E-state index >= 15 is 0 Å². The highest BCUT2D eigenvalue weighted by Crippen LogP contribution is 2.61. The smallest absolute Gasteiger partial charge is 0.231 e. The number of carbonyl (C=O) groups excluding carboxylic acids is 1. The van der Waals surface area contributed by atoms with Crippen molar-refractivity contribution in [2.45, 2.75) is 25.4 Å². The predicted molar refractivity (Wildman–Crippen MR) is 91.3 cm³/mol. The number of benzene rings is 1. The number of Topliss-reactive ketones (excluding diaryl/α,β-unsaturated/α-hetero) is 1. The highest BCUT2D eigenvalue weighted by Gasteiger charge is 2.62. The SMILES string of the molecule is C=CC[C@]12C=C(OC)C(=O)[C@H]([C@@H](c3ccc4c(c3)OCO4)[C@@H]1C)[C@@H]2O. The molecule has 2 bridgehead atoms. The summed E-state index contributed by atoms with van der Waals surface area (Å²) < 4.78 is 16.2. The molecule has 5 nitrogen and oxygen atoms in total. The summed E-state index contributed by atoms with van der Waals surface area (Å²) in [4.78, 5) is 12.9. The maximum atomic E-state index is 12.9. The maximum absolute atomic E-state index is 12.9. The monoisotopic (exact) mass is 342 g/mol. The maximum Gasteiger partial charge on any atom is 0.231 e. The first-order chi connectivity index (χ1) is 12.0. The lowest BCUT2D eigenvalue weighted by Crippen LogP contribution is -2.42. The molecule has 0 spiro atoms. The summed E-state index contributed by atoms with van der Waals surface area (Å²) in [6.45, 7) is 6.14. The molecule has 0 unspecified atom stereocenters. The number of hydrogen-bond acceptors (Lipinski definition) is 5. The normalized spacial score (nSPS) is 35.5. The van der Waals surface area contributed by atoms with Crippen molar-refractivity contribution in [3.8, 4) is 11.5 Å². The van der Waals surface area contributed by atoms with Crippen molar-refractivity contribution in [2.75, 3.05) is 13.9 Å². The summed E-state index contributed by atoms with van der Waals surface area (Å²) in [6, 6.07) is 5.76. The quantitative estimate of drug-likeness (QED) is 0.853. The number of fused-ring (bicyclic) bond motifs is 3. The van der Waals surface area contributed by atoms with E-state index in [2.05, 4.69) is 13.5 Å². The van der Waals surface area contributed by atoms with Crippen molar-refractivity contribution in [3.63, 3.8) is 0 Å². The van der Waals surface area contributed by atoms with Crippen LogP contribution in [0, 0.1) is 17.3 Å². The lowest BCUT2D eigenvalue weighted by molar-refractivity contribution is -0.128. The lowest BCUT2D eigenvalue weighted by atomic mass is 9.70. The van der Waals surface area contributed by atoms with Crippen LogP contribution in [-0.4, -0.2) is 30.9 Å². The Labute approximate surface area is 146 Å². The van der Waals surface area contributed by atoms with E-state index in [0.717, 1.165) is 5.56 Å². The molecular formula is C20H22O5. The van der Waals surface area contributed by atoms with Gasteiger partial charge in [0.1, 0.15) is 0 Å². The van der Waals surface area contributed by atoms with E-state index in [1.807, 2.05) is 24.3 Å². The largest absolute Gasteiger partial charge is 0.493 e. The number of allylic oxidation sites excluding steroid dienone is 2. The molecule has 1 saturated carbocycles. The van der Waals surface area contributed by atoms with Crippen LogP contribution in [0.15, 0.2) is 42.7 Å². The van der Waals surface area contributed by atoms with E-state index in [4.69, 9.17) is 14.2 Å². The Morgan fingerprint density at radius 1 is 1.36 bits per heavy atom. The predicted octanol–water partition coefficient (Wildman–Crippen LogP) is 2.80. The van der Waals surface area contributed by atoms with Crippen molar-refractivity contribution in [1.82, 2.24) is 0 Å². The number of hydrogen-bond donors (Lipinski definition) is 1. The third-order valence-electron chi connectivity index (χ3n) is 6.11. The molecule has 1 aromatic carbocycles. The van der Waals surface area contributed by atoms with E-state index in [-0.39, 0.29) is 24.4 Å². The molecule has 1 heterocycles. The van der Waals surface area contributed by atoms with E-state index in [1.165, 1.54) is 7.11 Å². The highest BCUT2D eigenvalue weighted by atomic mass is 16.7. The molecule has 1 aliphatic heterocycles. The highest BCUT2D eigenvalue weighted by molar-refractivity contribution is 5.98. The summed E-state index contributed by atoms with van der Waals surface area (Å²) in [5.41, 5.74) is 0.429. The molecule has 0 saturated heterocycles. The fraction of sp³-hybridized carbons (Fsp3) is 0.450. The fourth-order valence-corrected chi connectivity index (χ4v) is 4.84. The number of ketones is 1. The lowest BCUT2D eigenvalue weighted by Gasteiger charge is -2.36. The summed E-state index contributed by atoms with van der Waals surface area (Å²) >= 11 is 0. The van der Waals surface area contributed by atoms with Crippen LogP contribution >= 0.6 is 0 Å². The molecule has 0 aromatic heterocycles. The van der Waals surface area contributed by atoms with Gasteiger partial charge in [0.25, 0.3) is 0 Å². The second kappa shape index (κ2) is 5.63. The van der Waals surface area contributed by atoms with Gasteiger partial charge in [0, 0.05) is 11.3 Å². The number of aliphatic hydroxyl groups is 1. The third-order valence-corrected chi connectivity index (χ3v) is 6.11. The second-order valence-electron chi connectivity index (χ2n) is 7.08. The van der Waals surface area contributed by atoms with Crippen molar-refractivity contribution in [1.29, 1.82) is 0 Å². The standard InChI is InChI=1S/C20H22O5/c1-4-7-20-9-15(23-3)18(21)17(19(20)22)16(11(20)2)12-5-6-13-14(8-12)25-10-24-13/h4-6,8-9,11,16-17,19,22H,1,7,10H2,2-3H3/t11-,16+,17-,19-,20-/m0/s1. The summed E-state index contributed by atoms with van der Waals surface area (Å²) in [6.07, 6.45) is 3.45. The van der Waals surface area contributed by atoms with Gasteiger partial charge in [-0.1, -0.05) is 19.1 Å². The molecule has 25 heavy (non-hydrogen) atoms. The van der Waals surface area contributed by atoms with Crippen LogP contribution in [0.3, 0.4) is 0 Å². The van der Waals surface area contributed by atoms with Gasteiger partial charge < -0.3 is 19.3 Å². The van der Waals surface area contributed by atoms with Gasteiger partial charge in [-0.3, -0.25) is 4.79 Å². The minimum Gasteiger partial charge on any atom is -0.493 e. The van der Waals surface area contributed by atoms with Gasteiger partial charge in [-0.2, -0.15) is 0 Å². The summed E-state index contributed by atoms with van der Waals surface area (Å²) in [5, 5.41) is 11.0. The van der Waals surface area contributed by atoms with Gasteiger partial charge in [-0.15, -0.1) is 6.58 Å². The molecule has 1 fully saturated rings. The minimum absolute atomic E-state index is 0.0440.